The minimum absolute atomic E-state index is 0.275. The van der Waals surface area contributed by atoms with Crippen molar-refractivity contribution in [3.8, 4) is 0 Å². The molecule has 2 aromatic rings. The highest BCUT2D eigenvalue weighted by atomic mass is 79.9. The normalized spacial score (nSPS) is 10.0. The molecule has 0 saturated carbocycles. The Balaban J connectivity index is 2.11. The molecule has 0 saturated heterocycles. The van der Waals surface area contributed by atoms with E-state index in [1.54, 1.807) is 37.3 Å². The number of anilines is 2. The maximum Gasteiger partial charge on any atom is 0.340 e. The average molecular weight is 377 g/mol. The van der Waals surface area contributed by atoms with E-state index in [0.29, 0.717) is 16.9 Å². The first-order chi connectivity index (χ1) is 11.0. The number of halogens is 1. The Morgan fingerprint density at radius 1 is 1.13 bits per heavy atom. The second-order valence-electron chi connectivity index (χ2n) is 4.81. The Morgan fingerprint density at radius 2 is 1.87 bits per heavy atom. The molecule has 0 atom stereocenters. The summed E-state index contributed by atoms with van der Waals surface area (Å²) in [6.07, 6.45) is 0. The Hall–Kier alpha value is -2.34. The minimum Gasteiger partial charge on any atom is -0.462 e. The van der Waals surface area contributed by atoms with Crippen LogP contribution in [0.2, 0.25) is 0 Å². The van der Waals surface area contributed by atoms with Gasteiger partial charge in [0.25, 0.3) is 0 Å². The minimum atomic E-state index is -0.471. The maximum absolute atomic E-state index is 12.1. The third-order valence-electron chi connectivity index (χ3n) is 3.10. The smallest absolute Gasteiger partial charge is 0.340 e. The van der Waals surface area contributed by atoms with Crippen LogP contribution in [0.25, 0.3) is 0 Å². The highest BCUT2D eigenvalue weighted by molar-refractivity contribution is 9.10. The molecule has 5 nitrogen and oxygen atoms in total. The van der Waals surface area contributed by atoms with Crippen LogP contribution in [0, 0.1) is 6.92 Å². The molecule has 0 heterocycles. The Morgan fingerprint density at radius 3 is 2.57 bits per heavy atom. The molecule has 6 heteroatoms. The average Bonchev–Trinajstić information content (AvgIpc) is 2.51. The lowest BCUT2D eigenvalue weighted by molar-refractivity contribution is 0.0527. The molecule has 0 fully saturated rings. The van der Waals surface area contributed by atoms with Gasteiger partial charge in [0.15, 0.2) is 0 Å². The zero-order valence-electron chi connectivity index (χ0n) is 12.9. The Labute approximate surface area is 143 Å². The summed E-state index contributed by atoms with van der Waals surface area (Å²) in [5, 5.41) is 5.39. The van der Waals surface area contributed by atoms with Crippen LogP contribution in [-0.2, 0) is 4.74 Å². The predicted molar refractivity (Wildman–Crippen MR) is 93.9 cm³/mol. The zero-order valence-corrected chi connectivity index (χ0v) is 14.4. The van der Waals surface area contributed by atoms with Gasteiger partial charge in [-0.05, 0) is 43.7 Å². The number of aryl methyl sites for hydroxylation is 1. The predicted octanol–water partition coefficient (Wildman–Crippen LogP) is 4.58. The molecule has 120 valence electrons. The van der Waals surface area contributed by atoms with Gasteiger partial charge in [0.1, 0.15) is 0 Å². The highest BCUT2D eigenvalue weighted by Gasteiger charge is 2.14. The van der Waals surface area contributed by atoms with Crippen LogP contribution in [0.4, 0.5) is 16.2 Å². The van der Waals surface area contributed by atoms with E-state index in [1.165, 1.54) is 0 Å². The van der Waals surface area contributed by atoms with Gasteiger partial charge in [-0.3, -0.25) is 0 Å². The summed E-state index contributed by atoms with van der Waals surface area (Å²) in [6.45, 7) is 3.97. The van der Waals surface area contributed by atoms with Crippen molar-refractivity contribution in [3.63, 3.8) is 0 Å². The van der Waals surface area contributed by atoms with Crippen molar-refractivity contribution in [3.05, 3.63) is 58.1 Å². The van der Waals surface area contributed by atoms with Gasteiger partial charge in [0, 0.05) is 10.2 Å². The summed E-state index contributed by atoms with van der Waals surface area (Å²) >= 11 is 3.42. The fraction of sp³-hybridized carbons (Fsp3) is 0.176. The van der Waals surface area contributed by atoms with Crippen molar-refractivity contribution in [1.29, 1.82) is 0 Å². The van der Waals surface area contributed by atoms with Crippen LogP contribution in [0.3, 0.4) is 0 Å². The fourth-order valence-corrected chi connectivity index (χ4v) is 2.31. The second-order valence-corrected chi connectivity index (χ2v) is 5.66. The molecule has 2 amide bonds. The summed E-state index contributed by atoms with van der Waals surface area (Å²) in [5.74, 6) is -0.471. The molecule has 2 rings (SSSR count). The molecule has 2 N–H and O–H groups in total. The summed E-state index contributed by atoms with van der Waals surface area (Å²) < 4.78 is 5.89. The van der Waals surface area contributed by atoms with Crippen LogP contribution in [-0.4, -0.2) is 18.6 Å². The number of hydrogen-bond acceptors (Lipinski definition) is 3. The maximum atomic E-state index is 12.1. The highest BCUT2D eigenvalue weighted by Crippen LogP contribution is 2.21. The van der Waals surface area contributed by atoms with Crippen molar-refractivity contribution in [2.45, 2.75) is 13.8 Å². The van der Waals surface area contributed by atoms with Gasteiger partial charge >= 0.3 is 12.0 Å². The Kier molecular flexibility index (Phi) is 5.76. The molecule has 0 bridgehead atoms. The van der Waals surface area contributed by atoms with E-state index in [2.05, 4.69) is 26.6 Å². The van der Waals surface area contributed by atoms with E-state index < -0.39 is 12.0 Å². The lowest BCUT2D eigenvalue weighted by Gasteiger charge is -2.12. The molecule has 2 aromatic carbocycles. The van der Waals surface area contributed by atoms with Crippen LogP contribution in [0.1, 0.15) is 22.8 Å². The molecule has 0 aliphatic heterocycles. The Bertz CT molecular complexity index is 732. The first kappa shape index (κ1) is 17.0. The number of esters is 1. The van der Waals surface area contributed by atoms with E-state index in [1.807, 2.05) is 19.1 Å². The van der Waals surface area contributed by atoms with E-state index in [-0.39, 0.29) is 6.61 Å². The third kappa shape index (κ3) is 4.56. The van der Waals surface area contributed by atoms with Gasteiger partial charge in [-0.2, -0.15) is 0 Å². The van der Waals surface area contributed by atoms with Gasteiger partial charge in [-0.1, -0.05) is 34.1 Å². The van der Waals surface area contributed by atoms with Crippen LogP contribution < -0.4 is 10.6 Å². The molecule has 0 aliphatic carbocycles. The molecule has 0 aliphatic rings. The number of amides is 2. The van der Waals surface area contributed by atoms with Crippen molar-refractivity contribution in [2.24, 2.45) is 0 Å². The van der Waals surface area contributed by atoms with Gasteiger partial charge in [-0.25, -0.2) is 9.59 Å². The molecule has 0 radical (unpaired) electrons. The van der Waals surface area contributed by atoms with Crippen LogP contribution in [0.5, 0.6) is 0 Å². The monoisotopic (exact) mass is 376 g/mol. The molecule has 0 spiro atoms. The summed E-state index contributed by atoms with van der Waals surface area (Å²) in [4.78, 5) is 24.0. The lowest BCUT2D eigenvalue weighted by atomic mass is 10.2. The topological polar surface area (TPSA) is 67.4 Å². The third-order valence-corrected chi connectivity index (χ3v) is 3.95. The van der Waals surface area contributed by atoms with Gasteiger partial charge in [0.05, 0.1) is 17.9 Å². The van der Waals surface area contributed by atoms with Crippen molar-refractivity contribution in [2.75, 3.05) is 17.2 Å². The molecule has 0 unspecified atom stereocenters. The van der Waals surface area contributed by atoms with E-state index in [9.17, 15) is 9.59 Å². The van der Waals surface area contributed by atoms with Gasteiger partial charge in [-0.15, -0.1) is 0 Å². The first-order valence-electron chi connectivity index (χ1n) is 7.11. The summed E-state index contributed by atoms with van der Waals surface area (Å²) in [6, 6.07) is 11.8. The van der Waals surface area contributed by atoms with Crippen molar-refractivity contribution >= 4 is 39.3 Å². The molecular formula is C17H17BrN2O3. The van der Waals surface area contributed by atoms with Crippen molar-refractivity contribution < 1.29 is 14.3 Å². The molecular weight excluding hydrogens is 360 g/mol. The number of para-hydroxylation sites is 1. The van der Waals surface area contributed by atoms with Crippen LogP contribution in [0.15, 0.2) is 46.9 Å². The lowest BCUT2D eigenvalue weighted by Crippen LogP contribution is -2.21. The SMILES string of the molecule is CCOC(=O)c1ccccc1NC(=O)Nc1ccc(C)c(Br)c1. The number of carbonyl (C=O) groups is 2. The van der Waals surface area contributed by atoms with E-state index in [0.717, 1.165) is 10.0 Å². The number of benzene rings is 2. The van der Waals surface area contributed by atoms with E-state index in [4.69, 9.17) is 4.74 Å². The number of rotatable bonds is 4. The number of hydrogen-bond donors (Lipinski definition) is 2. The molecule has 0 aromatic heterocycles. The quantitative estimate of drug-likeness (QED) is 0.767. The zero-order chi connectivity index (χ0) is 16.8. The van der Waals surface area contributed by atoms with Crippen molar-refractivity contribution in [1.82, 2.24) is 0 Å². The largest absolute Gasteiger partial charge is 0.462 e. The van der Waals surface area contributed by atoms with Crippen LogP contribution >= 0.6 is 15.9 Å². The van der Waals surface area contributed by atoms with Gasteiger partial charge in [0.2, 0.25) is 0 Å². The number of carbonyl (C=O) groups excluding carboxylic acids is 2. The standard InChI is InChI=1S/C17H17BrN2O3/c1-3-23-16(21)13-6-4-5-7-15(13)20-17(22)19-12-9-8-11(2)14(18)10-12/h4-10H,3H2,1-2H3,(H2,19,20,22). The summed E-state index contributed by atoms with van der Waals surface area (Å²) in [5.41, 5.74) is 2.43. The summed E-state index contributed by atoms with van der Waals surface area (Å²) in [7, 11) is 0. The first-order valence-corrected chi connectivity index (χ1v) is 7.91. The number of nitrogens with one attached hydrogen (secondary N) is 2. The fourth-order valence-electron chi connectivity index (χ4n) is 1.93. The van der Waals surface area contributed by atoms with E-state index >= 15 is 0 Å². The number of urea groups is 1. The number of ether oxygens (including phenoxy) is 1. The second kappa shape index (κ2) is 7.78. The molecule has 23 heavy (non-hydrogen) atoms. The van der Waals surface area contributed by atoms with Gasteiger partial charge < -0.3 is 15.4 Å².